The number of piperidine rings is 1. The lowest BCUT2D eigenvalue weighted by Gasteiger charge is -2.41. The minimum absolute atomic E-state index is 0. The summed E-state index contributed by atoms with van der Waals surface area (Å²) in [5, 5.41) is 0. The van der Waals surface area contributed by atoms with Gasteiger partial charge in [0.15, 0.2) is 0 Å². The SMILES string of the molecule is COc1c(C)cc(S(=O)(=O)N2CCC(N)C(C)(C)C2)cc1C.Cl. The second-order valence-electron chi connectivity index (χ2n) is 6.81. The minimum Gasteiger partial charge on any atom is -0.496 e. The van der Waals surface area contributed by atoms with Gasteiger partial charge in [0.1, 0.15) is 5.75 Å². The number of rotatable bonds is 3. The van der Waals surface area contributed by atoms with Gasteiger partial charge in [0, 0.05) is 19.1 Å². The molecule has 1 aromatic rings. The Balaban J connectivity index is 0.00000264. The Hall–Kier alpha value is -0.820. The highest BCUT2D eigenvalue weighted by Crippen LogP contribution is 2.33. The van der Waals surface area contributed by atoms with Crippen LogP contribution in [-0.2, 0) is 10.0 Å². The maximum Gasteiger partial charge on any atom is 0.243 e. The summed E-state index contributed by atoms with van der Waals surface area (Å²) >= 11 is 0. The highest BCUT2D eigenvalue weighted by Gasteiger charge is 2.39. The Morgan fingerprint density at radius 2 is 1.78 bits per heavy atom. The molecule has 2 N–H and O–H groups in total. The van der Waals surface area contributed by atoms with Crippen molar-refractivity contribution in [1.29, 1.82) is 0 Å². The second kappa shape index (κ2) is 6.97. The van der Waals surface area contributed by atoms with E-state index in [-0.39, 0.29) is 23.9 Å². The van der Waals surface area contributed by atoms with E-state index >= 15 is 0 Å². The van der Waals surface area contributed by atoms with Crippen LogP contribution in [0.4, 0.5) is 0 Å². The van der Waals surface area contributed by atoms with Gasteiger partial charge in [-0.25, -0.2) is 8.42 Å². The molecule has 0 amide bonds. The predicted octanol–water partition coefficient (Wildman–Crippen LogP) is 2.48. The molecule has 7 heteroatoms. The van der Waals surface area contributed by atoms with E-state index in [2.05, 4.69) is 0 Å². The van der Waals surface area contributed by atoms with Gasteiger partial charge in [0.25, 0.3) is 0 Å². The second-order valence-corrected chi connectivity index (χ2v) is 8.75. The lowest BCUT2D eigenvalue weighted by molar-refractivity contribution is 0.155. The molecule has 2 rings (SSSR count). The van der Waals surface area contributed by atoms with E-state index in [0.29, 0.717) is 24.4 Å². The van der Waals surface area contributed by atoms with Crippen molar-refractivity contribution in [2.45, 2.75) is 45.1 Å². The van der Waals surface area contributed by atoms with Crippen LogP contribution < -0.4 is 10.5 Å². The van der Waals surface area contributed by atoms with E-state index in [1.807, 2.05) is 27.7 Å². The lowest BCUT2D eigenvalue weighted by Crippen LogP contribution is -2.53. The van der Waals surface area contributed by atoms with Gasteiger partial charge in [-0.05, 0) is 48.9 Å². The maximum absolute atomic E-state index is 12.9. The first-order chi connectivity index (χ1) is 10.1. The van der Waals surface area contributed by atoms with Gasteiger partial charge in [0.05, 0.1) is 12.0 Å². The molecule has 1 heterocycles. The van der Waals surface area contributed by atoms with Crippen LogP contribution in [0.3, 0.4) is 0 Å². The zero-order chi connectivity index (χ0) is 16.7. The Labute approximate surface area is 145 Å². The number of hydrogen-bond acceptors (Lipinski definition) is 4. The summed E-state index contributed by atoms with van der Waals surface area (Å²) in [6.07, 6.45) is 0.681. The number of halogens is 1. The van der Waals surface area contributed by atoms with E-state index in [0.717, 1.165) is 16.9 Å². The number of ether oxygens (including phenoxy) is 1. The third kappa shape index (κ3) is 3.82. The zero-order valence-corrected chi connectivity index (χ0v) is 16.1. The summed E-state index contributed by atoms with van der Waals surface area (Å²) in [5.41, 5.74) is 7.54. The van der Waals surface area contributed by atoms with Gasteiger partial charge in [0.2, 0.25) is 10.0 Å². The van der Waals surface area contributed by atoms with Crippen LogP contribution >= 0.6 is 12.4 Å². The normalized spacial score (nSPS) is 21.6. The topological polar surface area (TPSA) is 72.6 Å². The fraction of sp³-hybridized carbons (Fsp3) is 0.625. The van der Waals surface area contributed by atoms with E-state index in [9.17, 15) is 8.42 Å². The molecule has 0 aromatic heterocycles. The van der Waals surface area contributed by atoms with Gasteiger partial charge in [-0.3, -0.25) is 0 Å². The average molecular weight is 363 g/mol. The standard InChI is InChI=1S/C16H26N2O3S.ClH/c1-11-8-13(9-12(2)15(11)21-5)22(19,20)18-7-6-14(17)16(3,4)10-18;/h8-9,14H,6-7,10,17H2,1-5H3;1H. The zero-order valence-electron chi connectivity index (χ0n) is 14.4. The Morgan fingerprint density at radius 1 is 1.26 bits per heavy atom. The molecule has 0 radical (unpaired) electrons. The maximum atomic E-state index is 12.9. The van der Waals surface area contributed by atoms with Crippen LogP contribution in [0.1, 0.15) is 31.4 Å². The fourth-order valence-corrected chi connectivity index (χ4v) is 4.86. The van der Waals surface area contributed by atoms with Crippen LogP contribution in [0.2, 0.25) is 0 Å². The average Bonchev–Trinajstić information content (AvgIpc) is 2.41. The monoisotopic (exact) mass is 362 g/mol. The third-order valence-corrected chi connectivity index (χ3v) is 6.38. The molecular formula is C16H27ClN2O3S. The van der Waals surface area contributed by atoms with Crippen molar-refractivity contribution in [2.75, 3.05) is 20.2 Å². The van der Waals surface area contributed by atoms with Gasteiger partial charge < -0.3 is 10.5 Å². The quantitative estimate of drug-likeness (QED) is 0.896. The number of methoxy groups -OCH3 is 1. The first-order valence-electron chi connectivity index (χ1n) is 7.50. The number of benzene rings is 1. The van der Waals surface area contributed by atoms with Gasteiger partial charge in [-0.15, -0.1) is 12.4 Å². The summed E-state index contributed by atoms with van der Waals surface area (Å²) in [5.74, 6) is 0.736. The predicted molar refractivity (Wildman–Crippen MR) is 94.8 cm³/mol. The molecule has 0 spiro atoms. The van der Waals surface area contributed by atoms with Crippen molar-refractivity contribution in [3.05, 3.63) is 23.3 Å². The molecule has 5 nitrogen and oxygen atoms in total. The van der Waals surface area contributed by atoms with E-state index in [1.54, 1.807) is 23.5 Å². The minimum atomic E-state index is -3.50. The fourth-order valence-electron chi connectivity index (χ4n) is 3.06. The molecule has 1 unspecified atom stereocenters. The number of hydrogen-bond donors (Lipinski definition) is 1. The van der Waals surface area contributed by atoms with E-state index in [4.69, 9.17) is 10.5 Å². The summed E-state index contributed by atoms with van der Waals surface area (Å²) in [7, 11) is -1.91. The largest absolute Gasteiger partial charge is 0.496 e. The Kier molecular flexibility index (Phi) is 6.13. The highest BCUT2D eigenvalue weighted by atomic mass is 35.5. The van der Waals surface area contributed by atoms with Crippen molar-refractivity contribution >= 4 is 22.4 Å². The number of nitrogens with two attached hydrogens (primary N) is 1. The molecule has 1 saturated heterocycles. The molecule has 23 heavy (non-hydrogen) atoms. The van der Waals surface area contributed by atoms with Crippen LogP contribution in [0.15, 0.2) is 17.0 Å². The molecule has 0 bridgehead atoms. The van der Waals surface area contributed by atoms with E-state index in [1.165, 1.54) is 0 Å². The van der Waals surface area contributed by atoms with Crippen molar-refractivity contribution < 1.29 is 13.2 Å². The molecule has 1 aliphatic heterocycles. The van der Waals surface area contributed by atoms with Crippen molar-refractivity contribution in [2.24, 2.45) is 11.1 Å². The summed E-state index contributed by atoms with van der Waals surface area (Å²) in [6, 6.07) is 3.39. The first-order valence-corrected chi connectivity index (χ1v) is 8.94. The molecule has 0 saturated carbocycles. The summed E-state index contributed by atoms with van der Waals surface area (Å²) < 4.78 is 32.7. The smallest absolute Gasteiger partial charge is 0.243 e. The van der Waals surface area contributed by atoms with Gasteiger partial charge in [-0.1, -0.05) is 13.8 Å². The first kappa shape index (κ1) is 20.2. The van der Waals surface area contributed by atoms with Crippen LogP contribution in [0.5, 0.6) is 5.75 Å². The molecule has 1 fully saturated rings. The summed E-state index contributed by atoms with van der Waals surface area (Å²) in [4.78, 5) is 0.328. The Bertz CT molecular complexity index is 651. The van der Waals surface area contributed by atoms with E-state index < -0.39 is 10.0 Å². The summed E-state index contributed by atoms with van der Waals surface area (Å²) in [6.45, 7) is 8.67. The molecule has 0 aliphatic carbocycles. The Morgan fingerprint density at radius 3 is 2.22 bits per heavy atom. The van der Waals surface area contributed by atoms with Crippen molar-refractivity contribution in [3.8, 4) is 5.75 Å². The lowest BCUT2D eigenvalue weighted by atomic mass is 9.81. The van der Waals surface area contributed by atoms with Crippen LogP contribution in [-0.4, -0.2) is 39.0 Å². The van der Waals surface area contributed by atoms with Crippen LogP contribution in [0.25, 0.3) is 0 Å². The van der Waals surface area contributed by atoms with Crippen molar-refractivity contribution in [1.82, 2.24) is 4.31 Å². The number of sulfonamides is 1. The van der Waals surface area contributed by atoms with Crippen molar-refractivity contribution in [3.63, 3.8) is 0 Å². The van der Waals surface area contributed by atoms with Gasteiger partial charge >= 0.3 is 0 Å². The molecule has 1 aromatic carbocycles. The van der Waals surface area contributed by atoms with Gasteiger partial charge in [-0.2, -0.15) is 4.31 Å². The van der Waals surface area contributed by atoms with Crippen LogP contribution in [0, 0.1) is 19.3 Å². The highest BCUT2D eigenvalue weighted by molar-refractivity contribution is 7.89. The molecular weight excluding hydrogens is 336 g/mol. The number of aryl methyl sites for hydroxylation is 2. The number of nitrogens with zero attached hydrogens (tertiary/aromatic N) is 1. The molecule has 132 valence electrons. The molecule has 1 aliphatic rings. The third-order valence-electron chi connectivity index (χ3n) is 4.55. The molecule has 1 atom stereocenters.